The van der Waals surface area contributed by atoms with Crippen LogP contribution in [0.3, 0.4) is 0 Å². The summed E-state index contributed by atoms with van der Waals surface area (Å²) in [5.74, 6) is 0.727. The van der Waals surface area contributed by atoms with Gasteiger partial charge in [0.15, 0.2) is 0 Å². The minimum absolute atomic E-state index is 0.122. The summed E-state index contributed by atoms with van der Waals surface area (Å²) in [6.45, 7) is 5.65. The highest BCUT2D eigenvalue weighted by molar-refractivity contribution is 5.97. The molecule has 2 heterocycles. The molecule has 1 aliphatic heterocycles. The van der Waals surface area contributed by atoms with Gasteiger partial charge >= 0.3 is 0 Å². The van der Waals surface area contributed by atoms with Gasteiger partial charge in [0.1, 0.15) is 5.82 Å². The number of carbonyl (C=O) groups excluding carboxylic acids is 1. The number of piperidine rings is 1. The number of nitrogens with zero attached hydrogens (tertiary/aromatic N) is 2. The number of carbonyl (C=O) groups is 1. The van der Waals surface area contributed by atoms with Crippen LogP contribution in [-0.4, -0.2) is 30.0 Å². The summed E-state index contributed by atoms with van der Waals surface area (Å²) in [5, 5.41) is 0. The third-order valence-electron chi connectivity index (χ3n) is 3.27. The van der Waals surface area contributed by atoms with Gasteiger partial charge in [0.2, 0.25) is 0 Å². The van der Waals surface area contributed by atoms with E-state index in [9.17, 15) is 4.79 Å². The Kier molecular flexibility index (Phi) is 3.52. The number of hydrogen-bond acceptors (Lipinski definition) is 4. The summed E-state index contributed by atoms with van der Waals surface area (Å²) in [4.78, 5) is 18.0. The molecular formula is C13H20N4O. The Morgan fingerprint density at radius 3 is 2.78 bits per heavy atom. The first-order chi connectivity index (χ1) is 8.47. The van der Waals surface area contributed by atoms with Crippen molar-refractivity contribution in [2.75, 3.05) is 18.0 Å². The smallest absolute Gasteiger partial charge is 0.252 e. The van der Waals surface area contributed by atoms with Gasteiger partial charge in [0, 0.05) is 24.8 Å². The number of primary amides is 1. The molecule has 4 N–H and O–H groups in total. The number of anilines is 1. The van der Waals surface area contributed by atoms with Crippen molar-refractivity contribution < 1.29 is 4.79 Å². The molecule has 1 amide bonds. The zero-order valence-corrected chi connectivity index (χ0v) is 10.9. The molecule has 1 aliphatic rings. The fourth-order valence-electron chi connectivity index (χ4n) is 2.55. The molecule has 2 rings (SSSR count). The predicted molar refractivity (Wildman–Crippen MR) is 71.5 cm³/mol. The maximum Gasteiger partial charge on any atom is 0.252 e. The molecule has 2 unspecified atom stereocenters. The standard InChI is InChI=1S/C13H20N4O/c1-8-5-10(14)7-17(6-8)13-11(12(15)18)4-3-9(2)16-13/h3-4,8,10H,5-7,14H2,1-2H3,(H2,15,18). The lowest BCUT2D eigenvalue weighted by molar-refractivity contribution is 0.1000. The molecule has 0 radical (unpaired) electrons. The maximum atomic E-state index is 11.5. The maximum absolute atomic E-state index is 11.5. The summed E-state index contributed by atoms with van der Waals surface area (Å²) >= 11 is 0. The molecule has 5 nitrogen and oxygen atoms in total. The second kappa shape index (κ2) is 4.94. The molecule has 0 bridgehead atoms. The van der Waals surface area contributed by atoms with Crippen molar-refractivity contribution in [3.8, 4) is 0 Å². The fraction of sp³-hybridized carbons (Fsp3) is 0.538. The molecule has 0 spiro atoms. The van der Waals surface area contributed by atoms with Gasteiger partial charge in [-0.2, -0.15) is 0 Å². The van der Waals surface area contributed by atoms with Crippen molar-refractivity contribution >= 4 is 11.7 Å². The molecule has 1 aromatic heterocycles. The van der Waals surface area contributed by atoms with Crippen LogP contribution in [-0.2, 0) is 0 Å². The number of hydrogen-bond donors (Lipinski definition) is 2. The Bertz CT molecular complexity index is 450. The number of aryl methyl sites for hydroxylation is 1. The van der Waals surface area contributed by atoms with Crippen molar-refractivity contribution in [2.24, 2.45) is 17.4 Å². The quantitative estimate of drug-likeness (QED) is 0.805. The number of aromatic nitrogens is 1. The third-order valence-corrected chi connectivity index (χ3v) is 3.27. The molecule has 18 heavy (non-hydrogen) atoms. The van der Waals surface area contributed by atoms with Crippen molar-refractivity contribution in [3.63, 3.8) is 0 Å². The Morgan fingerprint density at radius 1 is 1.44 bits per heavy atom. The largest absolute Gasteiger partial charge is 0.365 e. The highest BCUT2D eigenvalue weighted by Gasteiger charge is 2.25. The molecule has 0 saturated carbocycles. The van der Waals surface area contributed by atoms with Crippen LogP contribution in [0.1, 0.15) is 29.4 Å². The van der Waals surface area contributed by atoms with E-state index in [-0.39, 0.29) is 6.04 Å². The molecule has 5 heteroatoms. The van der Waals surface area contributed by atoms with E-state index in [0.29, 0.717) is 17.3 Å². The van der Waals surface area contributed by atoms with Crippen LogP contribution in [0.4, 0.5) is 5.82 Å². The SMILES string of the molecule is Cc1ccc(C(N)=O)c(N2CC(C)CC(N)C2)n1. The molecule has 1 fully saturated rings. The first-order valence-corrected chi connectivity index (χ1v) is 6.25. The van der Waals surface area contributed by atoms with Crippen molar-refractivity contribution in [1.82, 2.24) is 4.98 Å². The normalized spacial score (nSPS) is 24.1. The van der Waals surface area contributed by atoms with Gasteiger partial charge in [-0.05, 0) is 31.4 Å². The van der Waals surface area contributed by atoms with Crippen molar-refractivity contribution in [3.05, 3.63) is 23.4 Å². The van der Waals surface area contributed by atoms with Gasteiger partial charge in [0.05, 0.1) is 5.56 Å². The Hall–Kier alpha value is -1.62. The zero-order chi connectivity index (χ0) is 13.3. The molecule has 1 aromatic rings. The van der Waals surface area contributed by atoms with Crippen LogP contribution in [0.5, 0.6) is 0 Å². The van der Waals surface area contributed by atoms with Crippen LogP contribution >= 0.6 is 0 Å². The first-order valence-electron chi connectivity index (χ1n) is 6.25. The first kappa shape index (κ1) is 12.8. The van der Waals surface area contributed by atoms with Crippen LogP contribution < -0.4 is 16.4 Å². The monoisotopic (exact) mass is 248 g/mol. The fourth-order valence-corrected chi connectivity index (χ4v) is 2.55. The number of nitrogens with two attached hydrogens (primary N) is 2. The molecule has 0 aliphatic carbocycles. The summed E-state index contributed by atoms with van der Waals surface area (Å²) in [6, 6.07) is 3.67. The van der Waals surface area contributed by atoms with Crippen LogP contribution in [0.2, 0.25) is 0 Å². The Morgan fingerprint density at radius 2 is 2.17 bits per heavy atom. The second-order valence-electron chi connectivity index (χ2n) is 5.19. The van der Waals surface area contributed by atoms with E-state index in [1.165, 1.54) is 0 Å². The average molecular weight is 248 g/mol. The lowest BCUT2D eigenvalue weighted by Gasteiger charge is -2.36. The number of pyridine rings is 1. The molecule has 0 aromatic carbocycles. The molecule has 2 atom stereocenters. The molecule has 98 valence electrons. The van der Waals surface area contributed by atoms with Gasteiger partial charge < -0.3 is 16.4 Å². The van der Waals surface area contributed by atoms with E-state index in [0.717, 1.165) is 25.2 Å². The highest BCUT2D eigenvalue weighted by atomic mass is 16.1. The average Bonchev–Trinajstić information content (AvgIpc) is 2.27. The van der Waals surface area contributed by atoms with E-state index in [4.69, 9.17) is 11.5 Å². The van der Waals surface area contributed by atoms with Gasteiger partial charge in [-0.3, -0.25) is 4.79 Å². The number of amides is 1. The lowest BCUT2D eigenvalue weighted by atomic mass is 9.96. The van der Waals surface area contributed by atoms with E-state index < -0.39 is 5.91 Å². The summed E-state index contributed by atoms with van der Waals surface area (Å²) in [6.07, 6.45) is 1.01. The van der Waals surface area contributed by atoms with Crippen LogP contribution in [0.25, 0.3) is 0 Å². The third kappa shape index (κ3) is 2.61. The van der Waals surface area contributed by atoms with E-state index >= 15 is 0 Å². The van der Waals surface area contributed by atoms with Gasteiger partial charge in [-0.25, -0.2) is 4.98 Å². The van der Waals surface area contributed by atoms with E-state index in [1.807, 2.05) is 6.92 Å². The predicted octanol–water partition coefficient (Wildman–Crippen LogP) is 0.662. The summed E-state index contributed by atoms with van der Waals surface area (Å²) in [7, 11) is 0. The summed E-state index contributed by atoms with van der Waals surface area (Å²) in [5.41, 5.74) is 12.8. The minimum Gasteiger partial charge on any atom is -0.365 e. The second-order valence-corrected chi connectivity index (χ2v) is 5.19. The van der Waals surface area contributed by atoms with Crippen molar-refractivity contribution in [1.29, 1.82) is 0 Å². The van der Waals surface area contributed by atoms with Crippen molar-refractivity contribution in [2.45, 2.75) is 26.3 Å². The number of rotatable bonds is 2. The van der Waals surface area contributed by atoms with Gasteiger partial charge in [0.25, 0.3) is 5.91 Å². The van der Waals surface area contributed by atoms with Crippen LogP contribution in [0, 0.1) is 12.8 Å². The van der Waals surface area contributed by atoms with E-state index in [2.05, 4.69) is 16.8 Å². The van der Waals surface area contributed by atoms with Crippen LogP contribution in [0.15, 0.2) is 12.1 Å². The van der Waals surface area contributed by atoms with Gasteiger partial charge in [-0.1, -0.05) is 6.92 Å². The van der Waals surface area contributed by atoms with E-state index in [1.54, 1.807) is 12.1 Å². The topological polar surface area (TPSA) is 85.2 Å². The lowest BCUT2D eigenvalue weighted by Crippen LogP contribution is -2.47. The minimum atomic E-state index is -0.440. The zero-order valence-electron chi connectivity index (χ0n) is 10.9. The molecular weight excluding hydrogens is 228 g/mol. The summed E-state index contributed by atoms with van der Waals surface area (Å²) < 4.78 is 0. The highest BCUT2D eigenvalue weighted by Crippen LogP contribution is 2.24. The Balaban J connectivity index is 2.36. The van der Waals surface area contributed by atoms with Gasteiger partial charge in [-0.15, -0.1) is 0 Å². The Labute approximate surface area is 107 Å². The molecule has 1 saturated heterocycles.